The van der Waals surface area contributed by atoms with Gasteiger partial charge in [-0.2, -0.15) is 0 Å². The Labute approximate surface area is 339 Å². The molecule has 0 fully saturated rings. The van der Waals surface area contributed by atoms with E-state index in [1.165, 1.54) is 59.8 Å². The normalized spacial score (nSPS) is 11.6. The number of para-hydroxylation sites is 2. The zero-order valence-corrected chi connectivity index (χ0v) is 32.6. The van der Waals surface area contributed by atoms with Crippen LogP contribution >= 0.6 is 7.92 Å². The minimum atomic E-state index is -0.670. The summed E-state index contributed by atoms with van der Waals surface area (Å²) in [5.41, 5.74) is 11.4. The highest BCUT2D eigenvalue weighted by molar-refractivity contribution is 7.79. The lowest BCUT2D eigenvalue weighted by Crippen LogP contribution is -2.20. The largest absolute Gasteiger partial charge is 0.309 e. The van der Waals surface area contributed by atoms with Gasteiger partial charge >= 0.3 is 0 Å². The second kappa shape index (κ2) is 14.4. The fraction of sp³-hybridized carbons (Fsp3) is 0. The van der Waals surface area contributed by atoms with Gasteiger partial charge in [-0.25, -0.2) is 4.98 Å². The molecule has 0 aliphatic heterocycles. The monoisotopic (exact) mass is 756 g/mol. The zero-order valence-electron chi connectivity index (χ0n) is 31.7. The van der Waals surface area contributed by atoms with Crippen molar-refractivity contribution >= 4 is 67.3 Å². The van der Waals surface area contributed by atoms with Gasteiger partial charge in [-0.05, 0) is 93.9 Å². The van der Waals surface area contributed by atoms with Crippen LogP contribution in [0.5, 0.6) is 0 Å². The third kappa shape index (κ3) is 5.89. The summed E-state index contributed by atoms with van der Waals surface area (Å²) in [5.74, 6) is 0. The highest BCUT2D eigenvalue weighted by atomic mass is 31.1. The average molecular weight is 757 g/mol. The predicted molar refractivity (Wildman–Crippen MR) is 249 cm³/mol. The number of rotatable bonds is 7. The topological polar surface area (TPSA) is 17.8 Å². The summed E-state index contributed by atoms with van der Waals surface area (Å²) < 4.78 is 2.43. The lowest BCUT2D eigenvalue weighted by molar-refractivity contribution is 1.18. The van der Waals surface area contributed by atoms with Crippen LogP contribution in [-0.4, -0.2) is 9.55 Å². The fourth-order valence-corrected chi connectivity index (χ4v) is 11.0. The molecule has 2 heterocycles. The van der Waals surface area contributed by atoms with Crippen LogP contribution in [0.15, 0.2) is 224 Å². The molecule has 11 rings (SSSR count). The van der Waals surface area contributed by atoms with E-state index >= 15 is 0 Å². The lowest BCUT2D eigenvalue weighted by Gasteiger charge is -2.19. The van der Waals surface area contributed by atoms with Gasteiger partial charge in [0.15, 0.2) is 0 Å². The summed E-state index contributed by atoms with van der Waals surface area (Å²) in [7, 11) is -0.670. The average Bonchev–Trinajstić information content (AvgIpc) is 3.63. The summed E-state index contributed by atoms with van der Waals surface area (Å²) in [6.07, 6.45) is 0. The first kappa shape index (κ1) is 34.2. The summed E-state index contributed by atoms with van der Waals surface area (Å²) in [6.45, 7) is 0. The smallest absolute Gasteiger partial charge is 0.0788 e. The van der Waals surface area contributed by atoms with Crippen molar-refractivity contribution < 1.29 is 0 Å². The van der Waals surface area contributed by atoms with E-state index in [4.69, 9.17) is 4.98 Å². The van der Waals surface area contributed by atoms with Crippen LogP contribution < -0.4 is 15.9 Å². The molecule has 9 aromatic carbocycles. The van der Waals surface area contributed by atoms with E-state index in [0.29, 0.717) is 0 Å². The summed E-state index contributed by atoms with van der Waals surface area (Å²) in [6, 6.07) is 81.6. The molecule has 11 aromatic rings. The number of nitrogens with zero attached hydrogens (tertiary/aromatic N) is 2. The van der Waals surface area contributed by atoms with E-state index in [1.807, 2.05) is 0 Å². The van der Waals surface area contributed by atoms with Gasteiger partial charge in [0, 0.05) is 32.8 Å². The van der Waals surface area contributed by atoms with Crippen LogP contribution in [0.4, 0.5) is 0 Å². The third-order valence-corrected chi connectivity index (χ3v) is 13.8. The maximum absolute atomic E-state index is 5.28. The van der Waals surface area contributed by atoms with Crippen molar-refractivity contribution in [2.45, 2.75) is 0 Å². The van der Waals surface area contributed by atoms with Gasteiger partial charge in [-0.1, -0.05) is 182 Å². The van der Waals surface area contributed by atoms with Crippen molar-refractivity contribution in [3.05, 3.63) is 224 Å². The molecule has 0 amide bonds. The van der Waals surface area contributed by atoms with Gasteiger partial charge in [-0.3, -0.25) is 0 Å². The molecule has 272 valence electrons. The quantitative estimate of drug-likeness (QED) is 0.117. The summed E-state index contributed by atoms with van der Waals surface area (Å²) >= 11 is 0. The molecular weight excluding hydrogens is 720 g/mol. The fourth-order valence-electron chi connectivity index (χ4n) is 8.69. The molecule has 0 atom stereocenters. The first-order chi connectivity index (χ1) is 28.8. The molecule has 3 heteroatoms. The second-order valence-corrected chi connectivity index (χ2v) is 17.0. The number of hydrogen-bond acceptors (Lipinski definition) is 1. The first-order valence-corrected chi connectivity index (χ1v) is 21.1. The van der Waals surface area contributed by atoms with Gasteiger partial charge in [0.1, 0.15) is 0 Å². The highest BCUT2D eigenvalue weighted by Crippen LogP contribution is 2.43. The Balaban J connectivity index is 1.10. The minimum absolute atomic E-state index is 0.670. The molecule has 0 unspecified atom stereocenters. The molecule has 58 heavy (non-hydrogen) atoms. The van der Waals surface area contributed by atoms with Crippen molar-refractivity contribution in [3.8, 4) is 39.2 Å². The molecule has 0 N–H and O–H groups in total. The van der Waals surface area contributed by atoms with Gasteiger partial charge in [0.05, 0.1) is 22.2 Å². The van der Waals surface area contributed by atoms with Crippen LogP contribution in [0.1, 0.15) is 0 Å². The minimum Gasteiger partial charge on any atom is -0.309 e. The van der Waals surface area contributed by atoms with Crippen molar-refractivity contribution in [2.75, 3.05) is 0 Å². The van der Waals surface area contributed by atoms with Crippen molar-refractivity contribution in [2.24, 2.45) is 0 Å². The van der Waals surface area contributed by atoms with Crippen LogP contribution in [0.3, 0.4) is 0 Å². The lowest BCUT2D eigenvalue weighted by atomic mass is 9.94. The molecule has 0 aliphatic carbocycles. The van der Waals surface area contributed by atoms with E-state index in [2.05, 4.69) is 229 Å². The maximum Gasteiger partial charge on any atom is 0.0788 e. The summed E-state index contributed by atoms with van der Waals surface area (Å²) in [4.78, 5) is 5.28. The van der Waals surface area contributed by atoms with Crippen LogP contribution in [0, 0.1) is 0 Å². The zero-order chi connectivity index (χ0) is 38.4. The Kier molecular flexibility index (Phi) is 8.50. The molecule has 2 aromatic heterocycles. The predicted octanol–water partition coefficient (Wildman–Crippen LogP) is 13.2. The number of fused-ring (bicyclic) bond motifs is 6. The number of benzene rings is 9. The second-order valence-electron chi connectivity index (χ2n) is 14.8. The molecule has 2 nitrogen and oxygen atoms in total. The first-order valence-electron chi connectivity index (χ1n) is 19.8. The summed E-state index contributed by atoms with van der Waals surface area (Å²) in [5, 5.41) is 10.0. The molecule has 0 saturated heterocycles. The third-order valence-electron chi connectivity index (χ3n) is 11.3. The van der Waals surface area contributed by atoms with E-state index in [-0.39, 0.29) is 0 Å². The van der Waals surface area contributed by atoms with Gasteiger partial charge < -0.3 is 4.57 Å². The molecule has 0 aliphatic rings. The van der Waals surface area contributed by atoms with Crippen molar-refractivity contribution in [3.63, 3.8) is 0 Å². The van der Waals surface area contributed by atoms with Crippen LogP contribution in [0.25, 0.3) is 82.7 Å². The van der Waals surface area contributed by atoms with E-state index < -0.39 is 7.92 Å². The Morgan fingerprint density at radius 1 is 0.345 bits per heavy atom. The highest BCUT2D eigenvalue weighted by Gasteiger charge is 2.21. The van der Waals surface area contributed by atoms with Crippen LogP contribution in [0.2, 0.25) is 0 Å². The molecular formula is C55H37N2P. The molecule has 0 bridgehead atoms. The Morgan fingerprint density at radius 3 is 1.66 bits per heavy atom. The van der Waals surface area contributed by atoms with Gasteiger partial charge in [0.2, 0.25) is 0 Å². The van der Waals surface area contributed by atoms with Crippen molar-refractivity contribution in [1.82, 2.24) is 9.55 Å². The van der Waals surface area contributed by atoms with Crippen LogP contribution in [-0.2, 0) is 0 Å². The van der Waals surface area contributed by atoms with E-state index in [9.17, 15) is 0 Å². The Morgan fingerprint density at radius 2 is 0.931 bits per heavy atom. The number of aromatic nitrogens is 2. The SMILES string of the molecule is c1ccc(-c2nc3ccccc3c3cc4c5c(-c6cccc(-c7ccc(P(c8ccccc8)c8ccccc8)cc7)c6)cccc5n(-c5ccccc5)c4cc23)cc1. The standard InChI is InChI=1S/C55H37N2P/c1-5-17-39(18-6-1)55-49-37-53-50(36-48(49)47-27-13-14-29-51(47)56-55)54-46(28-16-30-52(54)57(53)42-21-7-2-8-22-42)41-20-15-19-40(35-41)38-31-33-45(34-32-38)58(43-23-9-3-10-24-43)44-25-11-4-12-26-44/h1-37H. The van der Waals surface area contributed by atoms with Crippen molar-refractivity contribution in [1.29, 1.82) is 0 Å². The van der Waals surface area contributed by atoms with E-state index in [1.54, 1.807) is 0 Å². The van der Waals surface area contributed by atoms with E-state index in [0.717, 1.165) is 38.8 Å². The molecule has 0 spiro atoms. The maximum atomic E-state index is 5.28. The molecule has 0 radical (unpaired) electrons. The Hall–Kier alpha value is -7.12. The van der Waals surface area contributed by atoms with Gasteiger partial charge in [0.25, 0.3) is 0 Å². The molecule has 0 saturated carbocycles. The number of hydrogen-bond donors (Lipinski definition) is 0. The Bertz CT molecular complexity index is 3210. The number of pyridine rings is 1. The van der Waals surface area contributed by atoms with Gasteiger partial charge in [-0.15, -0.1) is 0 Å².